The molecule has 1 N–H and O–H groups in total. The maximum absolute atomic E-state index is 15.3. The first-order valence-corrected chi connectivity index (χ1v) is 14.0. The molecule has 1 aromatic carbocycles. The van der Waals surface area contributed by atoms with Gasteiger partial charge in [0.2, 0.25) is 5.88 Å². The number of pyridine rings is 2. The predicted molar refractivity (Wildman–Crippen MR) is 152 cm³/mol. The Morgan fingerprint density at radius 3 is 2.56 bits per heavy atom. The molecule has 1 saturated heterocycles. The van der Waals surface area contributed by atoms with Crippen molar-refractivity contribution >= 4 is 35.1 Å². The third-order valence-corrected chi connectivity index (χ3v) is 7.55. The van der Waals surface area contributed by atoms with Gasteiger partial charge < -0.3 is 24.4 Å². The Hall–Kier alpha value is -4.32. The Balaban J connectivity index is 1.32. The number of aliphatic carboxylic acids is 1. The average molecular weight is 615 g/mol. The molecule has 3 aromatic rings. The number of carboxylic acids is 1. The number of halogens is 3. The van der Waals surface area contributed by atoms with Crippen LogP contribution in [0.3, 0.4) is 0 Å². The van der Waals surface area contributed by atoms with Crippen LogP contribution in [0, 0.1) is 11.6 Å². The molecule has 0 saturated carbocycles. The quantitative estimate of drug-likeness (QED) is 0.389. The molecule has 5 rings (SSSR count). The van der Waals surface area contributed by atoms with E-state index in [9.17, 15) is 18.8 Å². The molecule has 2 aliphatic heterocycles. The summed E-state index contributed by atoms with van der Waals surface area (Å²) in [6, 6.07) is 6.02. The number of carbonyl (C=O) groups is 3. The van der Waals surface area contributed by atoms with Gasteiger partial charge in [-0.2, -0.15) is 0 Å². The molecule has 10 nitrogen and oxygen atoms in total. The van der Waals surface area contributed by atoms with Crippen molar-refractivity contribution in [1.82, 2.24) is 14.9 Å². The number of benzene rings is 1. The zero-order valence-corrected chi connectivity index (χ0v) is 24.4. The molecule has 226 valence electrons. The molecule has 1 fully saturated rings. The highest BCUT2D eigenvalue weighted by Crippen LogP contribution is 2.40. The minimum absolute atomic E-state index is 0.149. The van der Waals surface area contributed by atoms with Crippen LogP contribution in [0.4, 0.5) is 14.5 Å². The number of hydrogen-bond acceptors (Lipinski definition) is 7. The second-order valence-electron chi connectivity index (χ2n) is 11.0. The Labute approximate surface area is 251 Å². The normalized spacial score (nSPS) is 17.2. The van der Waals surface area contributed by atoms with Gasteiger partial charge in [-0.3, -0.25) is 14.4 Å². The van der Waals surface area contributed by atoms with Crippen LogP contribution in [0.25, 0.3) is 11.1 Å². The number of fused-ring (bicyclic) bond motifs is 1. The fraction of sp³-hybridized carbons (Fsp3) is 0.367. The summed E-state index contributed by atoms with van der Waals surface area (Å²) in [5, 5.41) is 9.37. The summed E-state index contributed by atoms with van der Waals surface area (Å²) in [6.45, 7) is 5.35. The van der Waals surface area contributed by atoms with E-state index in [-0.39, 0.29) is 48.3 Å². The van der Waals surface area contributed by atoms with Gasteiger partial charge in [-0.25, -0.2) is 18.7 Å². The number of likely N-dealkylation sites (tertiary alicyclic amines) is 1. The van der Waals surface area contributed by atoms with Crippen LogP contribution in [-0.4, -0.2) is 68.6 Å². The van der Waals surface area contributed by atoms with Crippen LogP contribution in [0.5, 0.6) is 11.6 Å². The molecule has 2 aromatic heterocycles. The molecule has 43 heavy (non-hydrogen) atoms. The van der Waals surface area contributed by atoms with E-state index >= 15 is 4.39 Å². The van der Waals surface area contributed by atoms with Crippen LogP contribution in [0.1, 0.15) is 50.5 Å². The van der Waals surface area contributed by atoms with Crippen molar-refractivity contribution in [2.75, 3.05) is 18.0 Å². The molecule has 13 heteroatoms. The molecule has 2 amide bonds. The summed E-state index contributed by atoms with van der Waals surface area (Å²) >= 11 is 6.16. The van der Waals surface area contributed by atoms with Crippen LogP contribution in [-0.2, 0) is 9.59 Å². The zero-order chi connectivity index (χ0) is 31.1. The number of hydrogen-bond donors (Lipinski definition) is 1. The Morgan fingerprint density at radius 2 is 1.88 bits per heavy atom. The van der Waals surface area contributed by atoms with Gasteiger partial charge in [-0.15, -0.1) is 0 Å². The van der Waals surface area contributed by atoms with Crippen molar-refractivity contribution in [2.24, 2.45) is 0 Å². The van der Waals surface area contributed by atoms with Crippen molar-refractivity contribution in [3.8, 4) is 22.8 Å². The Kier molecular flexibility index (Phi) is 8.24. The van der Waals surface area contributed by atoms with Gasteiger partial charge in [0, 0.05) is 42.7 Å². The standard InChI is InChI=1S/C30H29ClF2N4O6/c1-16(10-25(38)39)42-24-5-4-19(32)13-21(24)17-11-22(33)26(34-14-17)28(40)36-8-6-20(7-9-36)37-23-12-18(31)15-35-27(23)43-30(2,3)29(37)41/h4-5,11-16,20H,6-10H2,1-3H3,(H,38,39)/t16-/m1/s1. The van der Waals surface area contributed by atoms with E-state index in [1.807, 2.05) is 0 Å². The van der Waals surface area contributed by atoms with Crippen molar-refractivity contribution < 1.29 is 37.7 Å². The molecule has 0 spiro atoms. The lowest BCUT2D eigenvalue weighted by Crippen LogP contribution is -2.58. The lowest BCUT2D eigenvalue weighted by Gasteiger charge is -2.44. The Morgan fingerprint density at radius 1 is 1.16 bits per heavy atom. The van der Waals surface area contributed by atoms with Gasteiger partial charge in [-0.05, 0) is 63.9 Å². The highest BCUT2D eigenvalue weighted by molar-refractivity contribution is 6.31. The van der Waals surface area contributed by atoms with Crippen LogP contribution in [0.2, 0.25) is 5.02 Å². The summed E-state index contributed by atoms with van der Waals surface area (Å²) in [5.41, 5.74) is -0.759. The monoisotopic (exact) mass is 614 g/mol. The third kappa shape index (κ3) is 6.24. The highest BCUT2D eigenvalue weighted by atomic mass is 35.5. The van der Waals surface area contributed by atoms with Crippen molar-refractivity contribution in [1.29, 1.82) is 0 Å². The maximum Gasteiger partial charge on any atom is 0.307 e. The summed E-state index contributed by atoms with van der Waals surface area (Å²) in [7, 11) is 0. The van der Waals surface area contributed by atoms with E-state index in [1.54, 1.807) is 31.7 Å². The lowest BCUT2D eigenvalue weighted by atomic mass is 9.97. The molecule has 0 radical (unpaired) electrons. The number of amides is 2. The first kappa shape index (κ1) is 30.1. The molecule has 1 atom stereocenters. The van der Waals surface area contributed by atoms with E-state index in [1.165, 1.54) is 23.4 Å². The first-order valence-electron chi connectivity index (χ1n) is 13.7. The fourth-order valence-electron chi connectivity index (χ4n) is 5.27. The minimum atomic E-state index is -1.14. The summed E-state index contributed by atoms with van der Waals surface area (Å²) in [4.78, 5) is 49.0. The molecule has 2 aliphatic rings. The fourth-order valence-corrected chi connectivity index (χ4v) is 5.42. The molecule has 0 unspecified atom stereocenters. The number of carboxylic acid groups (broad SMARTS) is 1. The maximum atomic E-state index is 15.3. The number of nitrogens with zero attached hydrogens (tertiary/aromatic N) is 4. The van der Waals surface area contributed by atoms with Crippen molar-refractivity contribution in [3.63, 3.8) is 0 Å². The predicted octanol–water partition coefficient (Wildman–Crippen LogP) is 5.13. The number of aromatic nitrogens is 2. The first-order chi connectivity index (χ1) is 20.3. The van der Waals surface area contributed by atoms with E-state index in [4.69, 9.17) is 26.2 Å². The summed E-state index contributed by atoms with van der Waals surface area (Å²) in [5.74, 6) is -3.01. The second kappa shape index (κ2) is 11.8. The topological polar surface area (TPSA) is 122 Å². The highest BCUT2D eigenvalue weighted by Gasteiger charge is 2.45. The van der Waals surface area contributed by atoms with Crippen LogP contribution >= 0.6 is 11.6 Å². The van der Waals surface area contributed by atoms with E-state index in [0.29, 0.717) is 29.4 Å². The van der Waals surface area contributed by atoms with E-state index in [2.05, 4.69) is 9.97 Å². The number of rotatable bonds is 7. The van der Waals surface area contributed by atoms with Gasteiger partial charge >= 0.3 is 5.97 Å². The number of carbonyl (C=O) groups excluding carboxylic acids is 2. The van der Waals surface area contributed by atoms with Crippen molar-refractivity contribution in [2.45, 2.75) is 57.8 Å². The Bertz CT molecular complexity index is 1590. The van der Waals surface area contributed by atoms with Crippen LogP contribution < -0.4 is 14.4 Å². The molecular formula is C30H29ClF2N4O6. The number of anilines is 1. The van der Waals surface area contributed by atoms with Gasteiger partial charge in [0.05, 0.1) is 11.4 Å². The molecular weight excluding hydrogens is 586 g/mol. The van der Waals surface area contributed by atoms with Gasteiger partial charge in [0.1, 0.15) is 23.4 Å². The lowest BCUT2D eigenvalue weighted by molar-refractivity contribution is -0.138. The van der Waals surface area contributed by atoms with Crippen LogP contribution in [0.15, 0.2) is 42.7 Å². The molecule has 4 heterocycles. The summed E-state index contributed by atoms with van der Waals surface area (Å²) in [6.07, 6.45) is 2.50. The summed E-state index contributed by atoms with van der Waals surface area (Å²) < 4.78 is 40.9. The van der Waals surface area contributed by atoms with E-state index in [0.717, 1.165) is 18.2 Å². The van der Waals surface area contributed by atoms with Crippen molar-refractivity contribution in [3.05, 3.63) is 65.1 Å². The zero-order valence-electron chi connectivity index (χ0n) is 23.6. The molecule has 0 aliphatic carbocycles. The SMILES string of the molecule is C[C@H](CC(=O)O)Oc1ccc(F)cc1-c1cnc(C(=O)N2CCC(N3C(=O)C(C)(C)Oc4ncc(Cl)cc43)CC2)c(F)c1. The molecule has 0 bridgehead atoms. The third-order valence-electron chi connectivity index (χ3n) is 7.35. The second-order valence-corrected chi connectivity index (χ2v) is 11.4. The number of piperidine rings is 1. The van der Waals surface area contributed by atoms with Gasteiger partial charge in [-0.1, -0.05) is 11.6 Å². The van der Waals surface area contributed by atoms with Gasteiger partial charge in [0.25, 0.3) is 11.8 Å². The van der Waals surface area contributed by atoms with Gasteiger partial charge in [0.15, 0.2) is 17.1 Å². The number of ether oxygens (including phenoxy) is 2. The minimum Gasteiger partial charge on any atom is -0.489 e. The largest absolute Gasteiger partial charge is 0.489 e. The smallest absolute Gasteiger partial charge is 0.307 e. The van der Waals surface area contributed by atoms with E-state index < -0.39 is 40.9 Å². The average Bonchev–Trinajstić information content (AvgIpc) is 2.94.